The molecule has 3 aromatic rings. The lowest BCUT2D eigenvalue weighted by Gasteiger charge is -2.38. The second-order valence-electron chi connectivity index (χ2n) is 11.6. The Kier molecular flexibility index (Phi) is 10.6. The molecular weight excluding hydrogens is 606 g/mol. The number of aromatic amines is 1. The Labute approximate surface area is 266 Å². The van der Waals surface area contributed by atoms with Crippen molar-refractivity contribution in [3.8, 4) is 0 Å². The van der Waals surface area contributed by atoms with Gasteiger partial charge < -0.3 is 20.9 Å². The number of halogens is 3. The third kappa shape index (κ3) is 7.01. The number of aromatic nitrogens is 1. The average Bonchev–Trinajstić information content (AvgIpc) is 3.36. The molecule has 0 radical (unpaired) electrons. The van der Waals surface area contributed by atoms with Crippen molar-refractivity contribution in [3.05, 3.63) is 74.8 Å². The van der Waals surface area contributed by atoms with E-state index in [0.717, 1.165) is 16.6 Å². The van der Waals surface area contributed by atoms with Gasteiger partial charge in [-0.05, 0) is 54.5 Å². The number of aryl methyl sites for hydroxylation is 1. The van der Waals surface area contributed by atoms with Crippen molar-refractivity contribution in [3.63, 3.8) is 0 Å². The number of rotatable bonds is 11. The van der Waals surface area contributed by atoms with Crippen LogP contribution < -0.4 is 16.0 Å². The summed E-state index contributed by atoms with van der Waals surface area (Å²) in [6.45, 7) is 7.40. The SMILES string of the molecule is CCC(C)[C@H](NC(=O)Cc1ccccc1F)C(=O)N[C@]1(C(=O)NC(=C=O)[C@@H](C)CC)CCc2[nH]c3c(Cl)cc(Cl)cc3c2C1. The van der Waals surface area contributed by atoms with Crippen LogP contribution in [0.15, 0.2) is 42.1 Å². The van der Waals surface area contributed by atoms with Crippen LogP contribution in [-0.4, -0.2) is 40.2 Å². The summed E-state index contributed by atoms with van der Waals surface area (Å²) in [6.07, 6.45) is 1.58. The molecule has 4 rings (SSSR count). The van der Waals surface area contributed by atoms with Crippen molar-refractivity contribution >= 4 is 57.8 Å². The molecule has 0 saturated heterocycles. The minimum absolute atomic E-state index is 0.0830. The largest absolute Gasteiger partial charge is 0.357 e. The molecule has 0 aliphatic heterocycles. The summed E-state index contributed by atoms with van der Waals surface area (Å²) in [5.74, 6) is -0.880. The first-order valence-corrected chi connectivity index (χ1v) is 15.6. The highest BCUT2D eigenvalue weighted by Crippen LogP contribution is 2.38. The van der Waals surface area contributed by atoms with Crippen LogP contribution in [0.3, 0.4) is 0 Å². The van der Waals surface area contributed by atoms with E-state index in [0.29, 0.717) is 34.8 Å². The Hall–Kier alpha value is -3.65. The molecule has 1 aliphatic carbocycles. The monoisotopic (exact) mass is 642 g/mol. The second kappa shape index (κ2) is 14.0. The van der Waals surface area contributed by atoms with Gasteiger partial charge in [-0.2, -0.15) is 0 Å². The number of hydrogen-bond acceptors (Lipinski definition) is 4. The molecule has 0 fully saturated rings. The van der Waals surface area contributed by atoms with Gasteiger partial charge in [-0.25, -0.2) is 9.18 Å². The lowest BCUT2D eigenvalue weighted by molar-refractivity contribution is -0.136. The first-order chi connectivity index (χ1) is 20.9. The molecule has 1 aromatic heterocycles. The molecule has 4 atom stereocenters. The summed E-state index contributed by atoms with van der Waals surface area (Å²) in [5.41, 5.74) is 1.14. The van der Waals surface area contributed by atoms with Crippen LogP contribution in [0.25, 0.3) is 10.9 Å². The van der Waals surface area contributed by atoms with Gasteiger partial charge >= 0.3 is 0 Å². The van der Waals surface area contributed by atoms with E-state index >= 15 is 0 Å². The van der Waals surface area contributed by atoms with Crippen molar-refractivity contribution in [2.24, 2.45) is 11.8 Å². The number of fused-ring (bicyclic) bond motifs is 3. The summed E-state index contributed by atoms with van der Waals surface area (Å²) >= 11 is 12.8. The van der Waals surface area contributed by atoms with Gasteiger partial charge in [-0.15, -0.1) is 0 Å². The molecule has 4 N–H and O–H groups in total. The van der Waals surface area contributed by atoms with Gasteiger partial charge in [0.05, 0.1) is 17.0 Å². The first-order valence-electron chi connectivity index (χ1n) is 14.8. The quantitative estimate of drug-likeness (QED) is 0.203. The number of carbonyl (C=O) groups excluding carboxylic acids is 4. The van der Waals surface area contributed by atoms with Crippen LogP contribution >= 0.6 is 23.2 Å². The fourth-order valence-electron chi connectivity index (χ4n) is 5.58. The third-order valence-corrected chi connectivity index (χ3v) is 9.20. The van der Waals surface area contributed by atoms with Crippen LogP contribution in [0.5, 0.6) is 0 Å². The van der Waals surface area contributed by atoms with E-state index in [9.17, 15) is 23.6 Å². The van der Waals surface area contributed by atoms with Gasteiger partial charge in [0.15, 0.2) is 0 Å². The van der Waals surface area contributed by atoms with Gasteiger partial charge in [0.25, 0.3) is 5.91 Å². The summed E-state index contributed by atoms with van der Waals surface area (Å²) in [4.78, 5) is 56.3. The van der Waals surface area contributed by atoms with Crippen molar-refractivity contribution < 1.29 is 23.6 Å². The molecule has 44 heavy (non-hydrogen) atoms. The van der Waals surface area contributed by atoms with Crippen molar-refractivity contribution in [2.75, 3.05) is 0 Å². The van der Waals surface area contributed by atoms with Gasteiger partial charge in [-0.1, -0.05) is 75.5 Å². The number of allylic oxidation sites excluding steroid dienone is 1. The second-order valence-corrected chi connectivity index (χ2v) is 12.5. The summed E-state index contributed by atoms with van der Waals surface area (Å²) in [5, 5.41) is 10.1. The van der Waals surface area contributed by atoms with Gasteiger partial charge in [0.2, 0.25) is 11.8 Å². The molecule has 1 aliphatic rings. The zero-order chi connectivity index (χ0) is 32.2. The maximum atomic E-state index is 14.2. The maximum Gasteiger partial charge on any atom is 0.250 e. The highest BCUT2D eigenvalue weighted by atomic mass is 35.5. The fraction of sp³-hybridized carbons (Fsp3) is 0.424. The van der Waals surface area contributed by atoms with Gasteiger partial charge in [-0.3, -0.25) is 14.4 Å². The Bertz CT molecular complexity index is 1630. The highest BCUT2D eigenvalue weighted by molar-refractivity contribution is 6.38. The van der Waals surface area contributed by atoms with Crippen LogP contribution in [0.4, 0.5) is 4.39 Å². The van der Waals surface area contributed by atoms with Crippen LogP contribution in [0, 0.1) is 17.7 Å². The van der Waals surface area contributed by atoms with E-state index in [1.54, 1.807) is 25.1 Å². The predicted molar refractivity (Wildman–Crippen MR) is 170 cm³/mol. The van der Waals surface area contributed by atoms with Crippen LogP contribution in [-0.2, 0) is 38.4 Å². The molecule has 0 spiro atoms. The number of carbonyl (C=O) groups is 3. The van der Waals surface area contributed by atoms with E-state index in [2.05, 4.69) is 20.9 Å². The maximum absolute atomic E-state index is 14.2. The van der Waals surface area contributed by atoms with Crippen LogP contribution in [0.2, 0.25) is 10.0 Å². The third-order valence-electron chi connectivity index (χ3n) is 8.68. The Balaban J connectivity index is 1.69. The van der Waals surface area contributed by atoms with E-state index in [4.69, 9.17) is 23.2 Å². The molecule has 1 heterocycles. The van der Waals surface area contributed by atoms with Crippen molar-refractivity contribution in [2.45, 2.75) is 77.8 Å². The molecule has 3 amide bonds. The minimum Gasteiger partial charge on any atom is -0.357 e. The van der Waals surface area contributed by atoms with Crippen molar-refractivity contribution in [1.29, 1.82) is 0 Å². The topological polar surface area (TPSA) is 120 Å². The number of benzene rings is 2. The Morgan fingerprint density at radius 2 is 1.84 bits per heavy atom. The van der Waals surface area contributed by atoms with Crippen LogP contribution in [0.1, 0.15) is 63.8 Å². The van der Waals surface area contributed by atoms with E-state index in [-0.39, 0.29) is 42.4 Å². The minimum atomic E-state index is -1.48. The molecule has 0 bridgehead atoms. The summed E-state index contributed by atoms with van der Waals surface area (Å²) in [7, 11) is 0. The zero-order valence-electron chi connectivity index (χ0n) is 25.2. The standard InChI is InChI=1S/C33H37Cl2FN4O4/c1-5-18(3)27(17-41)38-32(44)33(12-11-26-23(16-33)22-14-21(34)15-24(35)30(22)37-26)40-31(43)29(19(4)6-2)39-28(42)13-20-9-7-8-10-25(20)36/h7-10,14-15,18-19,29,37H,5-6,11-13,16H2,1-4H3,(H,38,44)(H,39,42)(H,40,43)/t18-,19?,29-,33+/m0/s1. The number of nitrogens with one attached hydrogen (secondary N) is 4. The fourth-order valence-corrected chi connectivity index (χ4v) is 6.12. The number of hydrogen-bond donors (Lipinski definition) is 4. The Morgan fingerprint density at radius 3 is 2.50 bits per heavy atom. The van der Waals surface area contributed by atoms with E-state index in [1.807, 2.05) is 26.7 Å². The van der Waals surface area contributed by atoms with Crippen molar-refractivity contribution in [1.82, 2.24) is 20.9 Å². The molecule has 1 unspecified atom stereocenters. The first kappa shape index (κ1) is 33.2. The molecule has 8 nitrogen and oxygen atoms in total. The van der Waals surface area contributed by atoms with E-state index < -0.39 is 35.1 Å². The smallest absolute Gasteiger partial charge is 0.250 e. The highest BCUT2D eigenvalue weighted by Gasteiger charge is 2.46. The molecular formula is C33H37Cl2FN4O4. The summed E-state index contributed by atoms with van der Waals surface area (Å²) in [6, 6.07) is 8.34. The zero-order valence-corrected chi connectivity index (χ0v) is 26.7. The lowest BCUT2D eigenvalue weighted by atomic mass is 9.78. The van der Waals surface area contributed by atoms with Gasteiger partial charge in [0, 0.05) is 28.4 Å². The normalized spacial score (nSPS) is 18.0. The number of amides is 3. The number of H-pyrrole nitrogens is 1. The molecule has 0 saturated carbocycles. The summed E-state index contributed by atoms with van der Waals surface area (Å²) < 4.78 is 14.2. The molecule has 11 heteroatoms. The predicted octanol–water partition coefficient (Wildman–Crippen LogP) is 5.61. The lowest BCUT2D eigenvalue weighted by Crippen LogP contribution is -2.65. The van der Waals surface area contributed by atoms with E-state index in [1.165, 1.54) is 18.2 Å². The average molecular weight is 644 g/mol. The molecule has 2 aromatic carbocycles. The molecule has 234 valence electrons. The van der Waals surface area contributed by atoms with Gasteiger partial charge in [0.1, 0.15) is 29.0 Å². The Morgan fingerprint density at radius 1 is 1.11 bits per heavy atom.